The molecule has 20 heavy (non-hydrogen) atoms. The van der Waals surface area contributed by atoms with E-state index in [0.717, 1.165) is 6.54 Å². The zero-order valence-corrected chi connectivity index (χ0v) is 15.3. The van der Waals surface area contributed by atoms with Gasteiger partial charge in [0.2, 0.25) is 0 Å². The second kappa shape index (κ2) is 7.61. The monoisotopic (exact) mass is 339 g/mol. The molecule has 0 saturated heterocycles. The van der Waals surface area contributed by atoms with Gasteiger partial charge in [-0.15, -0.1) is 0 Å². The van der Waals surface area contributed by atoms with Crippen molar-refractivity contribution in [1.82, 2.24) is 5.32 Å². The SMILES string of the molecule is CCCC(CCC)(CNC(C)(C)C)c1ccccc1Br. The third-order valence-corrected chi connectivity index (χ3v) is 4.55. The van der Waals surface area contributed by atoms with Gasteiger partial charge in [-0.05, 0) is 45.2 Å². The van der Waals surface area contributed by atoms with E-state index in [1.54, 1.807) is 0 Å². The molecule has 2 heteroatoms. The Morgan fingerprint density at radius 1 is 1.00 bits per heavy atom. The van der Waals surface area contributed by atoms with Crippen molar-refractivity contribution in [2.45, 2.75) is 71.3 Å². The third kappa shape index (κ3) is 4.89. The number of nitrogens with one attached hydrogen (secondary N) is 1. The molecule has 0 radical (unpaired) electrons. The number of halogens is 1. The van der Waals surface area contributed by atoms with E-state index in [2.05, 4.69) is 80.1 Å². The molecule has 0 bridgehead atoms. The molecule has 0 spiro atoms. The number of rotatable bonds is 7. The van der Waals surface area contributed by atoms with E-state index in [0.29, 0.717) is 0 Å². The van der Waals surface area contributed by atoms with Crippen LogP contribution in [0.15, 0.2) is 28.7 Å². The van der Waals surface area contributed by atoms with E-state index in [1.807, 2.05) is 0 Å². The van der Waals surface area contributed by atoms with Crippen LogP contribution in [0.2, 0.25) is 0 Å². The van der Waals surface area contributed by atoms with Crippen LogP contribution in [0.25, 0.3) is 0 Å². The fourth-order valence-electron chi connectivity index (χ4n) is 2.95. The van der Waals surface area contributed by atoms with Gasteiger partial charge in [-0.3, -0.25) is 0 Å². The van der Waals surface area contributed by atoms with Crippen molar-refractivity contribution in [2.24, 2.45) is 0 Å². The largest absolute Gasteiger partial charge is 0.311 e. The highest BCUT2D eigenvalue weighted by molar-refractivity contribution is 9.10. The molecule has 0 aliphatic heterocycles. The average Bonchev–Trinajstić information content (AvgIpc) is 2.36. The van der Waals surface area contributed by atoms with Gasteiger partial charge in [0.1, 0.15) is 0 Å². The fourth-order valence-corrected chi connectivity index (χ4v) is 3.65. The van der Waals surface area contributed by atoms with Crippen LogP contribution in [0.4, 0.5) is 0 Å². The second-order valence-corrected chi connectivity index (χ2v) is 7.72. The minimum Gasteiger partial charge on any atom is -0.311 e. The van der Waals surface area contributed by atoms with E-state index in [-0.39, 0.29) is 11.0 Å². The smallest absolute Gasteiger partial charge is 0.0213 e. The molecule has 1 nitrogen and oxygen atoms in total. The number of benzene rings is 1. The summed E-state index contributed by atoms with van der Waals surface area (Å²) in [7, 11) is 0. The summed E-state index contributed by atoms with van der Waals surface area (Å²) >= 11 is 3.76. The van der Waals surface area contributed by atoms with Gasteiger partial charge in [0.25, 0.3) is 0 Å². The van der Waals surface area contributed by atoms with Gasteiger partial charge in [-0.1, -0.05) is 60.8 Å². The molecule has 0 aliphatic rings. The first-order chi connectivity index (χ1) is 9.34. The van der Waals surface area contributed by atoms with Crippen LogP contribution in [0.1, 0.15) is 65.9 Å². The van der Waals surface area contributed by atoms with Crippen molar-refractivity contribution >= 4 is 15.9 Å². The minimum absolute atomic E-state index is 0.161. The molecular weight excluding hydrogens is 310 g/mol. The van der Waals surface area contributed by atoms with Gasteiger partial charge in [0, 0.05) is 22.0 Å². The standard InChI is InChI=1S/C18H30BrN/c1-6-12-18(13-7-2,14-20-17(3,4)5)15-10-8-9-11-16(15)19/h8-11,20H,6-7,12-14H2,1-5H3. The molecule has 0 fully saturated rings. The highest BCUT2D eigenvalue weighted by Crippen LogP contribution is 2.38. The molecule has 0 saturated carbocycles. The zero-order chi connectivity index (χ0) is 15.2. The van der Waals surface area contributed by atoms with Crippen LogP contribution in [0.3, 0.4) is 0 Å². The zero-order valence-electron chi connectivity index (χ0n) is 13.7. The summed E-state index contributed by atoms with van der Waals surface area (Å²) in [6, 6.07) is 8.73. The maximum absolute atomic E-state index is 3.76. The van der Waals surface area contributed by atoms with Gasteiger partial charge >= 0.3 is 0 Å². The molecular formula is C18H30BrN. The lowest BCUT2D eigenvalue weighted by atomic mass is 9.73. The molecule has 0 atom stereocenters. The van der Waals surface area contributed by atoms with Crippen molar-refractivity contribution in [3.63, 3.8) is 0 Å². The van der Waals surface area contributed by atoms with Crippen LogP contribution < -0.4 is 5.32 Å². The molecule has 114 valence electrons. The van der Waals surface area contributed by atoms with E-state index in [9.17, 15) is 0 Å². The summed E-state index contributed by atoms with van der Waals surface area (Å²) in [5, 5.41) is 3.74. The summed E-state index contributed by atoms with van der Waals surface area (Å²) in [5.41, 5.74) is 1.85. The summed E-state index contributed by atoms with van der Waals surface area (Å²) in [6.07, 6.45) is 4.89. The first kappa shape index (κ1) is 17.7. The first-order valence-electron chi connectivity index (χ1n) is 7.84. The molecule has 1 N–H and O–H groups in total. The van der Waals surface area contributed by atoms with Crippen LogP contribution in [-0.2, 0) is 5.41 Å². The van der Waals surface area contributed by atoms with Gasteiger partial charge < -0.3 is 5.32 Å². The van der Waals surface area contributed by atoms with E-state index in [4.69, 9.17) is 0 Å². The van der Waals surface area contributed by atoms with Crippen molar-refractivity contribution in [3.8, 4) is 0 Å². The summed E-state index contributed by atoms with van der Waals surface area (Å²) in [4.78, 5) is 0. The van der Waals surface area contributed by atoms with E-state index in [1.165, 1.54) is 35.7 Å². The normalized spacial score (nSPS) is 12.7. The molecule has 0 unspecified atom stereocenters. The number of hydrogen-bond donors (Lipinski definition) is 1. The quantitative estimate of drug-likeness (QED) is 0.674. The van der Waals surface area contributed by atoms with Crippen molar-refractivity contribution in [1.29, 1.82) is 0 Å². The highest BCUT2D eigenvalue weighted by Gasteiger charge is 2.33. The molecule has 1 rings (SSSR count). The van der Waals surface area contributed by atoms with Crippen LogP contribution in [-0.4, -0.2) is 12.1 Å². The maximum Gasteiger partial charge on any atom is 0.0213 e. The van der Waals surface area contributed by atoms with E-state index >= 15 is 0 Å². The van der Waals surface area contributed by atoms with Crippen LogP contribution in [0, 0.1) is 0 Å². The lowest BCUT2D eigenvalue weighted by Gasteiger charge is -2.38. The van der Waals surface area contributed by atoms with Gasteiger partial charge in [0.05, 0.1) is 0 Å². The van der Waals surface area contributed by atoms with Crippen molar-refractivity contribution in [3.05, 3.63) is 34.3 Å². The summed E-state index contributed by atoms with van der Waals surface area (Å²) < 4.78 is 1.25. The molecule has 0 aliphatic carbocycles. The topological polar surface area (TPSA) is 12.0 Å². The Hall–Kier alpha value is -0.340. The Kier molecular flexibility index (Phi) is 6.74. The molecule has 0 amide bonds. The lowest BCUT2D eigenvalue weighted by Crippen LogP contribution is -2.46. The maximum atomic E-state index is 3.76. The van der Waals surface area contributed by atoms with Crippen LogP contribution in [0.5, 0.6) is 0 Å². The van der Waals surface area contributed by atoms with E-state index < -0.39 is 0 Å². The molecule has 0 aromatic heterocycles. The van der Waals surface area contributed by atoms with Gasteiger partial charge in [-0.2, -0.15) is 0 Å². The first-order valence-corrected chi connectivity index (χ1v) is 8.64. The van der Waals surface area contributed by atoms with Gasteiger partial charge in [0.15, 0.2) is 0 Å². The highest BCUT2D eigenvalue weighted by atomic mass is 79.9. The molecule has 1 aromatic carbocycles. The Labute approximate surface area is 133 Å². The Morgan fingerprint density at radius 2 is 1.55 bits per heavy atom. The summed E-state index contributed by atoms with van der Waals surface area (Å²) in [6.45, 7) is 12.4. The predicted molar refractivity (Wildman–Crippen MR) is 93.4 cm³/mol. The number of hydrogen-bond acceptors (Lipinski definition) is 1. The predicted octanol–water partition coefficient (Wildman–Crippen LogP) is 5.68. The van der Waals surface area contributed by atoms with Gasteiger partial charge in [-0.25, -0.2) is 0 Å². The fraction of sp³-hybridized carbons (Fsp3) is 0.667. The van der Waals surface area contributed by atoms with Crippen molar-refractivity contribution in [2.75, 3.05) is 6.54 Å². The molecule has 0 heterocycles. The third-order valence-electron chi connectivity index (χ3n) is 3.86. The molecule has 1 aromatic rings. The summed E-state index contributed by atoms with van der Waals surface area (Å²) in [5.74, 6) is 0. The average molecular weight is 340 g/mol. The second-order valence-electron chi connectivity index (χ2n) is 6.86. The van der Waals surface area contributed by atoms with Crippen LogP contribution >= 0.6 is 15.9 Å². The Bertz CT molecular complexity index is 400. The Morgan fingerprint density at radius 3 is 2.00 bits per heavy atom. The lowest BCUT2D eigenvalue weighted by molar-refractivity contribution is 0.291. The van der Waals surface area contributed by atoms with Crippen molar-refractivity contribution < 1.29 is 0 Å². The minimum atomic E-state index is 0.161. The Balaban J connectivity index is 3.13.